The highest BCUT2D eigenvalue weighted by Gasteiger charge is 2.31. The second-order valence-electron chi connectivity index (χ2n) is 3.88. The number of sulfonamides is 1. The summed E-state index contributed by atoms with van der Waals surface area (Å²) in [6.07, 6.45) is 1.18. The molecule has 0 unspecified atom stereocenters. The number of halogens is 1. The minimum atomic E-state index is -3.79. The number of hydrogen-bond acceptors (Lipinski definition) is 6. The molecule has 0 N–H and O–H groups in total. The van der Waals surface area contributed by atoms with Crippen molar-refractivity contribution in [1.29, 1.82) is 0 Å². The number of ether oxygens (including phenoxy) is 1. The number of rotatable bonds is 6. The van der Waals surface area contributed by atoms with Crippen LogP contribution >= 0.6 is 22.9 Å². The van der Waals surface area contributed by atoms with Crippen molar-refractivity contribution in [2.75, 3.05) is 13.2 Å². The lowest BCUT2D eigenvalue weighted by atomic mass is 10.4. The Labute approximate surface area is 121 Å². The van der Waals surface area contributed by atoms with Crippen molar-refractivity contribution in [3.63, 3.8) is 0 Å². The highest BCUT2D eigenvalue weighted by atomic mass is 35.5. The first-order valence-corrected chi connectivity index (χ1v) is 8.21. The molecule has 0 radical (unpaired) electrons. The molecule has 9 heteroatoms. The summed E-state index contributed by atoms with van der Waals surface area (Å²) in [5, 5.41) is 0. The predicted molar refractivity (Wildman–Crippen MR) is 72.8 cm³/mol. The van der Waals surface area contributed by atoms with Crippen molar-refractivity contribution in [2.24, 2.45) is 0 Å². The minimum Gasteiger partial charge on any atom is -0.465 e. The molecule has 0 saturated carbocycles. The van der Waals surface area contributed by atoms with E-state index in [0.29, 0.717) is 0 Å². The van der Waals surface area contributed by atoms with Gasteiger partial charge in [0.25, 0.3) is 10.0 Å². The van der Waals surface area contributed by atoms with E-state index in [1.165, 1.54) is 6.20 Å². The van der Waals surface area contributed by atoms with Crippen molar-refractivity contribution in [3.05, 3.63) is 10.7 Å². The van der Waals surface area contributed by atoms with Crippen LogP contribution < -0.4 is 0 Å². The average molecular weight is 327 g/mol. The maximum Gasteiger partial charge on any atom is 0.321 e. The number of esters is 1. The summed E-state index contributed by atoms with van der Waals surface area (Å²) in [6, 6.07) is -0.379. The molecular formula is C10H15ClN2O4S2. The Balaban J connectivity index is 3.02. The van der Waals surface area contributed by atoms with E-state index < -0.39 is 16.0 Å². The lowest BCUT2D eigenvalue weighted by molar-refractivity contribution is -0.143. The molecule has 1 aromatic rings. The van der Waals surface area contributed by atoms with Gasteiger partial charge in [0.05, 0.1) is 12.8 Å². The first-order valence-electron chi connectivity index (χ1n) is 5.57. The third-order valence-electron chi connectivity index (χ3n) is 2.19. The Kier molecular flexibility index (Phi) is 5.72. The van der Waals surface area contributed by atoms with Crippen molar-refractivity contribution in [2.45, 2.75) is 31.0 Å². The summed E-state index contributed by atoms with van der Waals surface area (Å²) in [7, 11) is -3.79. The highest BCUT2D eigenvalue weighted by Crippen LogP contribution is 2.26. The van der Waals surface area contributed by atoms with Crippen LogP contribution in [0.2, 0.25) is 4.47 Å². The van der Waals surface area contributed by atoms with Gasteiger partial charge in [0.2, 0.25) is 0 Å². The highest BCUT2D eigenvalue weighted by molar-refractivity contribution is 7.91. The van der Waals surface area contributed by atoms with Gasteiger partial charge >= 0.3 is 5.97 Å². The fourth-order valence-corrected chi connectivity index (χ4v) is 4.36. The first kappa shape index (κ1) is 16.4. The quantitative estimate of drug-likeness (QED) is 0.744. The molecule has 0 amide bonds. The molecule has 0 atom stereocenters. The summed E-state index contributed by atoms with van der Waals surface area (Å²) in [6.45, 7) is 4.90. The van der Waals surface area contributed by atoms with Crippen LogP contribution in [0.1, 0.15) is 20.8 Å². The van der Waals surface area contributed by atoms with Crippen LogP contribution in [0.5, 0.6) is 0 Å². The maximum atomic E-state index is 12.4. The second kappa shape index (κ2) is 6.65. The van der Waals surface area contributed by atoms with Gasteiger partial charge in [0, 0.05) is 6.04 Å². The Morgan fingerprint density at radius 2 is 2.21 bits per heavy atom. The molecule has 0 spiro atoms. The van der Waals surface area contributed by atoms with Crippen molar-refractivity contribution >= 4 is 38.9 Å². The fourth-order valence-electron chi connectivity index (χ4n) is 1.35. The summed E-state index contributed by atoms with van der Waals surface area (Å²) in [5.41, 5.74) is 0. The molecular weight excluding hydrogens is 312 g/mol. The molecule has 0 aromatic carbocycles. The van der Waals surface area contributed by atoms with Crippen LogP contribution in [0.15, 0.2) is 10.4 Å². The van der Waals surface area contributed by atoms with E-state index in [4.69, 9.17) is 16.3 Å². The second-order valence-corrected chi connectivity index (χ2v) is 7.61. The first-order chi connectivity index (χ1) is 8.78. The van der Waals surface area contributed by atoms with E-state index in [1.807, 2.05) is 0 Å². The maximum absolute atomic E-state index is 12.4. The van der Waals surface area contributed by atoms with Crippen molar-refractivity contribution < 1.29 is 17.9 Å². The number of carbonyl (C=O) groups excluding carboxylic acids is 1. The molecule has 6 nitrogen and oxygen atoms in total. The third-order valence-corrected chi connectivity index (χ3v) is 5.76. The van der Waals surface area contributed by atoms with Crippen LogP contribution in [-0.4, -0.2) is 42.9 Å². The van der Waals surface area contributed by atoms with Gasteiger partial charge in [-0.3, -0.25) is 4.79 Å². The Morgan fingerprint density at radius 3 is 2.63 bits per heavy atom. The Morgan fingerprint density at radius 1 is 1.58 bits per heavy atom. The van der Waals surface area contributed by atoms with Crippen LogP contribution in [0.25, 0.3) is 0 Å². The number of aromatic nitrogens is 1. The Bertz CT molecular complexity index is 541. The molecule has 0 bridgehead atoms. The molecule has 19 heavy (non-hydrogen) atoms. The van der Waals surface area contributed by atoms with Gasteiger partial charge in [-0.05, 0) is 20.8 Å². The summed E-state index contributed by atoms with van der Waals surface area (Å²) in [5.74, 6) is -0.588. The zero-order valence-corrected chi connectivity index (χ0v) is 13.2. The average Bonchev–Trinajstić information content (AvgIpc) is 2.73. The molecule has 1 rings (SSSR count). The van der Waals surface area contributed by atoms with E-state index in [-0.39, 0.29) is 27.9 Å². The topological polar surface area (TPSA) is 76.6 Å². The van der Waals surface area contributed by atoms with Gasteiger partial charge in [-0.25, -0.2) is 13.4 Å². The normalized spacial score (nSPS) is 12.1. The fraction of sp³-hybridized carbons (Fsp3) is 0.600. The van der Waals surface area contributed by atoms with Crippen LogP contribution in [0, 0.1) is 0 Å². The largest absolute Gasteiger partial charge is 0.465 e. The third kappa shape index (κ3) is 4.13. The number of hydrogen-bond donors (Lipinski definition) is 0. The SMILES string of the molecule is CCOC(=O)CN(C(C)C)S(=O)(=O)c1cnc(Cl)s1. The molecule has 1 heterocycles. The van der Waals surface area contributed by atoms with Crippen LogP contribution in [0.4, 0.5) is 0 Å². The van der Waals surface area contributed by atoms with Crippen molar-refractivity contribution in [1.82, 2.24) is 9.29 Å². The van der Waals surface area contributed by atoms with E-state index in [2.05, 4.69) is 4.98 Å². The monoisotopic (exact) mass is 326 g/mol. The van der Waals surface area contributed by atoms with Gasteiger partial charge in [-0.2, -0.15) is 4.31 Å². The van der Waals surface area contributed by atoms with Crippen molar-refractivity contribution in [3.8, 4) is 0 Å². The zero-order chi connectivity index (χ0) is 14.6. The van der Waals surface area contributed by atoms with E-state index in [1.54, 1.807) is 20.8 Å². The van der Waals surface area contributed by atoms with Crippen LogP contribution in [-0.2, 0) is 19.6 Å². The van der Waals surface area contributed by atoms with Gasteiger partial charge in [-0.15, -0.1) is 0 Å². The molecule has 0 aliphatic rings. The summed E-state index contributed by atoms with van der Waals surface area (Å²) in [4.78, 5) is 15.2. The molecule has 108 valence electrons. The summed E-state index contributed by atoms with van der Waals surface area (Å²) < 4.78 is 30.7. The zero-order valence-electron chi connectivity index (χ0n) is 10.8. The molecule has 0 aliphatic carbocycles. The number of nitrogens with zero attached hydrogens (tertiary/aromatic N) is 2. The van der Waals surface area contributed by atoms with E-state index in [0.717, 1.165) is 15.6 Å². The molecule has 0 fully saturated rings. The predicted octanol–water partition coefficient (Wildman–Crippen LogP) is 1.76. The van der Waals surface area contributed by atoms with Crippen LogP contribution in [0.3, 0.4) is 0 Å². The number of carbonyl (C=O) groups is 1. The molecule has 0 saturated heterocycles. The Hall–Kier alpha value is -0.700. The smallest absolute Gasteiger partial charge is 0.321 e. The number of thiazole rings is 1. The molecule has 0 aliphatic heterocycles. The lowest BCUT2D eigenvalue weighted by Crippen LogP contribution is -2.40. The van der Waals surface area contributed by atoms with Gasteiger partial charge in [0.1, 0.15) is 6.54 Å². The van der Waals surface area contributed by atoms with E-state index in [9.17, 15) is 13.2 Å². The molecule has 1 aromatic heterocycles. The van der Waals surface area contributed by atoms with Gasteiger partial charge in [-0.1, -0.05) is 22.9 Å². The van der Waals surface area contributed by atoms with Gasteiger partial charge < -0.3 is 4.74 Å². The van der Waals surface area contributed by atoms with Gasteiger partial charge in [0.15, 0.2) is 8.68 Å². The van der Waals surface area contributed by atoms with E-state index >= 15 is 0 Å². The summed E-state index contributed by atoms with van der Waals surface area (Å²) >= 11 is 6.49. The minimum absolute atomic E-state index is 0.00972. The lowest BCUT2D eigenvalue weighted by Gasteiger charge is -2.23. The standard InChI is InChI=1S/C10H15ClN2O4S2/c1-4-17-8(14)6-13(7(2)3)19(15,16)9-5-12-10(11)18-9/h5,7H,4,6H2,1-3H3.